The Balaban J connectivity index is 1.48. The number of benzene rings is 3. The SMILES string of the molecule is CN1CCC(N(C)c2ccc(-c3cc(F)ccc3F)cc2N(C=O)Cc2ccc(-c3nnc(C(F)F)o3)cc2)CC1. The van der Waals surface area contributed by atoms with Gasteiger partial charge in [-0.3, -0.25) is 4.79 Å². The van der Waals surface area contributed by atoms with E-state index in [1.807, 2.05) is 13.1 Å². The zero-order valence-electron chi connectivity index (χ0n) is 22.6. The summed E-state index contributed by atoms with van der Waals surface area (Å²) in [5, 5.41) is 7.02. The van der Waals surface area contributed by atoms with Crippen LogP contribution in [0.2, 0.25) is 0 Å². The second-order valence-corrected chi connectivity index (χ2v) is 10.1. The zero-order chi connectivity index (χ0) is 29.1. The number of piperidine rings is 1. The molecule has 0 spiro atoms. The molecular formula is C30H29F4N5O2. The average Bonchev–Trinajstić information content (AvgIpc) is 3.48. The number of likely N-dealkylation sites (tertiary alicyclic amines) is 1. The van der Waals surface area contributed by atoms with Gasteiger partial charge in [0.05, 0.1) is 17.9 Å². The number of aromatic nitrogens is 2. The molecule has 11 heteroatoms. The molecule has 41 heavy (non-hydrogen) atoms. The van der Waals surface area contributed by atoms with Gasteiger partial charge in [-0.25, -0.2) is 8.78 Å². The Kier molecular flexibility index (Phi) is 8.34. The fraction of sp³-hybridized carbons (Fsp3) is 0.300. The molecule has 7 nitrogen and oxygen atoms in total. The van der Waals surface area contributed by atoms with Gasteiger partial charge in [0.2, 0.25) is 12.3 Å². The summed E-state index contributed by atoms with van der Waals surface area (Å²) >= 11 is 0. The number of carbonyl (C=O) groups excluding carboxylic acids is 1. The van der Waals surface area contributed by atoms with Crippen molar-refractivity contribution in [3.63, 3.8) is 0 Å². The molecule has 3 aromatic carbocycles. The van der Waals surface area contributed by atoms with Crippen molar-refractivity contribution in [2.45, 2.75) is 31.9 Å². The Morgan fingerprint density at radius 2 is 1.68 bits per heavy atom. The van der Waals surface area contributed by atoms with Gasteiger partial charge in [0.15, 0.2) is 0 Å². The Bertz CT molecular complexity index is 1500. The van der Waals surface area contributed by atoms with Gasteiger partial charge in [-0.1, -0.05) is 18.2 Å². The Morgan fingerprint density at radius 1 is 0.976 bits per heavy atom. The molecule has 0 aliphatic carbocycles. The van der Waals surface area contributed by atoms with E-state index in [1.54, 1.807) is 36.4 Å². The standard InChI is InChI=1S/C30H29F4N5O2/c1-37-13-11-23(12-14-37)38(2)26-10-7-21(24-16-22(31)8-9-25(24)32)15-27(26)39(18-40)17-19-3-5-20(6-4-19)29-35-36-30(41-29)28(33)34/h3-10,15-16,18,23,28H,11-14,17H2,1-2H3. The minimum Gasteiger partial charge on any atom is -0.415 e. The van der Waals surface area contributed by atoms with E-state index >= 15 is 0 Å². The van der Waals surface area contributed by atoms with Crippen LogP contribution >= 0.6 is 0 Å². The van der Waals surface area contributed by atoms with Crippen LogP contribution in [0.5, 0.6) is 0 Å². The molecule has 1 aliphatic heterocycles. The van der Waals surface area contributed by atoms with Crippen molar-refractivity contribution in [2.75, 3.05) is 37.0 Å². The van der Waals surface area contributed by atoms with Gasteiger partial charge in [0, 0.05) is 24.2 Å². The second kappa shape index (κ2) is 12.1. The molecule has 1 aliphatic rings. The summed E-state index contributed by atoms with van der Waals surface area (Å²) in [6.45, 7) is 2.05. The number of nitrogens with zero attached hydrogens (tertiary/aromatic N) is 5. The summed E-state index contributed by atoms with van der Waals surface area (Å²) < 4.78 is 59.4. The third-order valence-electron chi connectivity index (χ3n) is 7.45. The molecule has 5 rings (SSSR count). The second-order valence-electron chi connectivity index (χ2n) is 10.1. The smallest absolute Gasteiger partial charge is 0.314 e. The lowest BCUT2D eigenvalue weighted by molar-refractivity contribution is -0.107. The number of rotatable bonds is 9. The average molecular weight is 568 g/mol. The third-order valence-corrected chi connectivity index (χ3v) is 7.45. The molecular weight excluding hydrogens is 538 g/mol. The Labute approximate surface area is 235 Å². The van der Waals surface area contributed by atoms with Crippen LogP contribution in [0.15, 0.2) is 65.1 Å². The number of halogens is 4. The summed E-state index contributed by atoms with van der Waals surface area (Å²) in [5.41, 5.74) is 3.06. The predicted molar refractivity (Wildman–Crippen MR) is 148 cm³/mol. The molecule has 1 aromatic heterocycles. The van der Waals surface area contributed by atoms with E-state index in [-0.39, 0.29) is 24.0 Å². The maximum absolute atomic E-state index is 14.7. The van der Waals surface area contributed by atoms with Crippen molar-refractivity contribution >= 4 is 17.8 Å². The number of carbonyl (C=O) groups is 1. The van der Waals surface area contributed by atoms with E-state index in [9.17, 15) is 22.4 Å². The van der Waals surface area contributed by atoms with Crippen LogP contribution in [0.3, 0.4) is 0 Å². The first kappa shape index (κ1) is 28.3. The van der Waals surface area contributed by atoms with Crippen molar-refractivity contribution in [1.82, 2.24) is 15.1 Å². The number of hydrogen-bond donors (Lipinski definition) is 0. The first-order chi connectivity index (χ1) is 19.7. The molecule has 0 saturated carbocycles. The van der Waals surface area contributed by atoms with E-state index in [4.69, 9.17) is 4.42 Å². The van der Waals surface area contributed by atoms with Gasteiger partial charge < -0.3 is 19.1 Å². The van der Waals surface area contributed by atoms with Crippen LogP contribution in [0.4, 0.5) is 28.9 Å². The monoisotopic (exact) mass is 567 g/mol. The van der Waals surface area contributed by atoms with Crippen molar-refractivity contribution in [3.8, 4) is 22.6 Å². The minimum absolute atomic E-state index is 0.0362. The normalized spacial score (nSPS) is 14.4. The fourth-order valence-corrected chi connectivity index (χ4v) is 5.09. The van der Waals surface area contributed by atoms with Gasteiger partial charge >= 0.3 is 6.43 Å². The van der Waals surface area contributed by atoms with E-state index in [0.717, 1.165) is 55.4 Å². The van der Waals surface area contributed by atoms with Gasteiger partial charge in [-0.2, -0.15) is 8.78 Å². The lowest BCUT2D eigenvalue weighted by atomic mass is 10.00. The molecule has 1 saturated heterocycles. The summed E-state index contributed by atoms with van der Waals surface area (Å²) in [7, 11) is 4.06. The highest BCUT2D eigenvalue weighted by Gasteiger charge is 2.25. The number of hydrogen-bond acceptors (Lipinski definition) is 6. The molecule has 1 fully saturated rings. The van der Waals surface area contributed by atoms with E-state index < -0.39 is 24.0 Å². The van der Waals surface area contributed by atoms with Gasteiger partial charge in [-0.05, 0) is 86.6 Å². The van der Waals surface area contributed by atoms with Crippen LogP contribution in [0, 0.1) is 11.6 Å². The highest BCUT2D eigenvalue weighted by atomic mass is 19.3. The Hall–Kier alpha value is -4.25. The highest BCUT2D eigenvalue weighted by molar-refractivity contribution is 5.87. The van der Waals surface area contributed by atoms with Gasteiger partial charge in [0.25, 0.3) is 5.89 Å². The first-order valence-corrected chi connectivity index (χ1v) is 13.2. The zero-order valence-corrected chi connectivity index (χ0v) is 22.6. The summed E-state index contributed by atoms with van der Waals surface area (Å²) in [4.78, 5) is 18.4. The summed E-state index contributed by atoms with van der Waals surface area (Å²) in [6, 6.07) is 15.5. The number of anilines is 2. The summed E-state index contributed by atoms with van der Waals surface area (Å²) in [5.74, 6) is -1.93. The lowest BCUT2D eigenvalue weighted by Gasteiger charge is -2.38. The van der Waals surface area contributed by atoms with Crippen LogP contribution in [0.25, 0.3) is 22.6 Å². The molecule has 214 valence electrons. The van der Waals surface area contributed by atoms with Crippen LogP contribution in [-0.4, -0.2) is 54.7 Å². The third kappa shape index (κ3) is 6.25. The number of amides is 1. The topological polar surface area (TPSA) is 65.7 Å². The largest absolute Gasteiger partial charge is 0.415 e. The highest BCUT2D eigenvalue weighted by Crippen LogP contribution is 2.37. The molecule has 2 heterocycles. The van der Waals surface area contributed by atoms with E-state index in [2.05, 4.69) is 27.0 Å². The maximum Gasteiger partial charge on any atom is 0.314 e. The molecule has 0 bridgehead atoms. The predicted octanol–water partition coefficient (Wildman–Crippen LogP) is 6.31. The van der Waals surface area contributed by atoms with Crippen LogP contribution in [0.1, 0.15) is 30.7 Å². The summed E-state index contributed by atoms with van der Waals surface area (Å²) in [6.07, 6.45) is -0.278. The van der Waals surface area contributed by atoms with Gasteiger partial charge in [0.1, 0.15) is 11.6 Å². The Morgan fingerprint density at radius 3 is 2.34 bits per heavy atom. The first-order valence-electron chi connectivity index (χ1n) is 13.2. The molecule has 0 atom stereocenters. The van der Waals surface area contributed by atoms with Crippen LogP contribution < -0.4 is 9.80 Å². The van der Waals surface area contributed by atoms with Crippen molar-refractivity contribution < 1.29 is 26.8 Å². The van der Waals surface area contributed by atoms with Crippen molar-refractivity contribution in [1.29, 1.82) is 0 Å². The fourth-order valence-electron chi connectivity index (χ4n) is 5.09. The van der Waals surface area contributed by atoms with Crippen molar-refractivity contribution in [3.05, 3.63) is 83.8 Å². The number of alkyl halides is 2. The van der Waals surface area contributed by atoms with Gasteiger partial charge in [-0.15, -0.1) is 10.2 Å². The molecule has 0 N–H and O–H groups in total. The van der Waals surface area contributed by atoms with Crippen LogP contribution in [-0.2, 0) is 11.3 Å². The quantitative estimate of drug-likeness (QED) is 0.174. The lowest BCUT2D eigenvalue weighted by Crippen LogP contribution is -2.42. The molecule has 4 aromatic rings. The van der Waals surface area contributed by atoms with E-state index in [0.29, 0.717) is 23.2 Å². The van der Waals surface area contributed by atoms with Crippen molar-refractivity contribution in [2.24, 2.45) is 0 Å². The molecule has 0 radical (unpaired) electrons. The maximum atomic E-state index is 14.7. The van der Waals surface area contributed by atoms with E-state index in [1.165, 1.54) is 4.90 Å². The molecule has 1 amide bonds. The molecule has 0 unspecified atom stereocenters. The minimum atomic E-state index is -2.87.